The van der Waals surface area contributed by atoms with Crippen molar-refractivity contribution in [2.45, 2.75) is 32.5 Å². The molecule has 2 aromatic rings. The van der Waals surface area contributed by atoms with Gasteiger partial charge in [-0.25, -0.2) is 0 Å². The number of aromatic nitrogens is 2. The summed E-state index contributed by atoms with van der Waals surface area (Å²) in [6, 6.07) is 5.64. The van der Waals surface area contributed by atoms with Gasteiger partial charge >= 0.3 is 12.3 Å². The van der Waals surface area contributed by atoms with E-state index in [9.17, 15) is 23.7 Å². The van der Waals surface area contributed by atoms with Gasteiger partial charge in [0.2, 0.25) is 5.91 Å². The highest BCUT2D eigenvalue weighted by Gasteiger charge is 2.19. The number of hydrogen-bond acceptors (Lipinski definition) is 5. The Morgan fingerprint density at radius 1 is 1.44 bits per heavy atom. The number of rotatable bonds is 8. The van der Waals surface area contributed by atoms with Gasteiger partial charge in [0.25, 0.3) is 0 Å². The van der Waals surface area contributed by atoms with E-state index in [4.69, 9.17) is 0 Å². The maximum absolute atomic E-state index is 12.5. The molecule has 1 N–H and O–H groups in total. The van der Waals surface area contributed by atoms with E-state index in [0.717, 1.165) is 17.1 Å². The van der Waals surface area contributed by atoms with Gasteiger partial charge in [-0.15, -0.1) is 0 Å². The molecule has 1 aromatic heterocycles. The predicted octanol–water partition coefficient (Wildman–Crippen LogP) is 2.66. The maximum atomic E-state index is 12.5. The van der Waals surface area contributed by atoms with Crippen LogP contribution in [0.4, 0.5) is 14.5 Å². The second-order valence-electron chi connectivity index (χ2n) is 5.10. The van der Waals surface area contributed by atoms with Gasteiger partial charge in [0.1, 0.15) is 24.7 Å². The first-order valence-corrected chi connectivity index (χ1v) is 7.40. The van der Waals surface area contributed by atoms with Crippen LogP contribution in [-0.2, 0) is 11.3 Å². The van der Waals surface area contributed by atoms with Crippen LogP contribution >= 0.6 is 0 Å². The predicted molar refractivity (Wildman–Crippen MR) is 83.1 cm³/mol. The van der Waals surface area contributed by atoms with Gasteiger partial charge in [0, 0.05) is 5.56 Å². The van der Waals surface area contributed by atoms with Crippen LogP contribution in [0.3, 0.4) is 0 Å². The summed E-state index contributed by atoms with van der Waals surface area (Å²) in [5.41, 5.74) is 0.195. The van der Waals surface area contributed by atoms with E-state index in [-0.39, 0.29) is 18.0 Å². The van der Waals surface area contributed by atoms with Gasteiger partial charge in [-0.1, -0.05) is 25.1 Å². The Labute approximate surface area is 141 Å². The molecular formula is C15H16F2N4O4. The number of halogens is 2. The molecule has 8 nitrogen and oxygen atoms in total. The molecule has 10 heteroatoms. The third-order valence-corrected chi connectivity index (χ3v) is 3.39. The Balaban J connectivity index is 2.08. The van der Waals surface area contributed by atoms with Crippen molar-refractivity contribution in [2.75, 3.05) is 0 Å². The van der Waals surface area contributed by atoms with Crippen LogP contribution in [-0.4, -0.2) is 27.2 Å². The van der Waals surface area contributed by atoms with Crippen LogP contribution in [0.2, 0.25) is 0 Å². The van der Waals surface area contributed by atoms with Crippen LogP contribution in [0.1, 0.15) is 24.9 Å². The largest absolute Gasteiger partial charge is 0.434 e. The van der Waals surface area contributed by atoms with Crippen molar-refractivity contribution in [2.24, 2.45) is 0 Å². The number of hydrogen-bond donors (Lipinski definition) is 1. The van der Waals surface area contributed by atoms with Crippen molar-refractivity contribution in [3.8, 4) is 5.75 Å². The molecule has 25 heavy (non-hydrogen) atoms. The minimum Gasteiger partial charge on any atom is -0.434 e. The number of amides is 1. The minimum atomic E-state index is -2.97. The Hall–Kier alpha value is -3.04. The lowest BCUT2D eigenvalue weighted by atomic mass is 10.0. The summed E-state index contributed by atoms with van der Waals surface area (Å²) in [6.45, 7) is -1.43. The molecule has 0 bridgehead atoms. The van der Waals surface area contributed by atoms with Gasteiger partial charge in [-0.05, 0) is 12.5 Å². The number of ether oxygens (including phenoxy) is 1. The first-order chi connectivity index (χ1) is 11.9. The Bertz CT molecular complexity index is 751. The molecule has 0 spiro atoms. The second kappa shape index (κ2) is 8.18. The SMILES string of the molecule is CC[C@@H](NC(=O)Cn1cc([N+](=O)[O-])cn1)c1ccccc1OC(F)F. The number of nitrogens with zero attached hydrogens (tertiary/aromatic N) is 3. The highest BCUT2D eigenvalue weighted by Crippen LogP contribution is 2.28. The Morgan fingerprint density at radius 3 is 2.76 bits per heavy atom. The van der Waals surface area contributed by atoms with Gasteiger partial charge in [0.15, 0.2) is 0 Å². The molecule has 0 saturated carbocycles. The second-order valence-corrected chi connectivity index (χ2v) is 5.10. The molecule has 0 saturated heterocycles. The molecule has 2 rings (SSSR count). The van der Waals surface area contributed by atoms with Gasteiger partial charge in [0.05, 0.1) is 11.0 Å². The van der Waals surface area contributed by atoms with Crippen LogP contribution < -0.4 is 10.1 Å². The normalized spacial score (nSPS) is 12.0. The van der Waals surface area contributed by atoms with Crippen molar-refractivity contribution in [3.05, 3.63) is 52.3 Å². The fraction of sp³-hybridized carbons (Fsp3) is 0.333. The van der Waals surface area contributed by atoms with Crippen molar-refractivity contribution < 1.29 is 23.2 Å². The summed E-state index contributed by atoms with van der Waals surface area (Å²) in [5.74, 6) is -0.476. The van der Waals surface area contributed by atoms with E-state index in [1.807, 2.05) is 0 Å². The summed E-state index contributed by atoms with van der Waals surface area (Å²) in [5, 5.41) is 17.0. The summed E-state index contributed by atoms with van der Waals surface area (Å²) in [4.78, 5) is 22.1. The van der Waals surface area contributed by atoms with Crippen LogP contribution in [0, 0.1) is 10.1 Å². The molecule has 0 aliphatic rings. The number of carbonyl (C=O) groups excluding carboxylic acids is 1. The van der Waals surface area contributed by atoms with Crippen molar-refractivity contribution >= 4 is 11.6 Å². The molecule has 1 heterocycles. The van der Waals surface area contributed by atoms with Crippen LogP contribution in [0.15, 0.2) is 36.7 Å². The smallest absolute Gasteiger partial charge is 0.387 e. The van der Waals surface area contributed by atoms with Crippen molar-refractivity contribution in [1.29, 1.82) is 0 Å². The number of nitro groups is 1. The van der Waals surface area contributed by atoms with Crippen LogP contribution in [0.25, 0.3) is 0 Å². The molecule has 0 unspecified atom stereocenters. The lowest BCUT2D eigenvalue weighted by Gasteiger charge is -2.20. The van der Waals surface area contributed by atoms with E-state index in [2.05, 4.69) is 15.2 Å². The number of nitrogens with one attached hydrogen (secondary N) is 1. The molecular weight excluding hydrogens is 338 g/mol. The fourth-order valence-electron chi connectivity index (χ4n) is 2.29. The monoisotopic (exact) mass is 354 g/mol. The Morgan fingerprint density at radius 2 is 2.16 bits per heavy atom. The lowest BCUT2D eigenvalue weighted by Crippen LogP contribution is -2.31. The Kier molecular flexibility index (Phi) is 5.98. The zero-order chi connectivity index (χ0) is 18.4. The molecule has 0 aliphatic carbocycles. The fourth-order valence-corrected chi connectivity index (χ4v) is 2.29. The number of carbonyl (C=O) groups is 1. The average molecular weight is 354 g/mol. The molecule has 134 valence electrons. The van der Waals surface area contributed by atoms with Gasteiger partial charge < -0.3 is 10.1 Å². The molecule has 1 amide bonds. The highest BCUT2D eigenvalue weighted by molar-refractivity contribution is 5.76. The van der Waals surface area contributed by atoms with E-state index < -0.39 is 23.5 Å². The van der Waals surface area contributed by atoms with E-state index in [1.54, 1.807) is 25.1 Å². The number of alkyl halides is 2. The minimum absolute atomic E-state index is 0.0145. The highest BCUT2D eigenvalue weighted by atomic mass is 19.3. The van der Waals surface area contributed by atoms with Crippen molar-refractivity contribution in [1.82, 2.24) is 15.1 Å². The lowest BCUT2D eigenvalue weighted by molar-refractivity contribution is -0.385. The van der Waals surface area contributed by atoms with Gasteiger partial charge in [-0.2, -0.15) is 13.9 Å². The molecule has 1 aromatic carbocycles. The topological polar surface area (TPSA) is 99.3 Å². The third kappa shape index (κ3) is 4.96. The van der Waals surface area contributed by atoms with Crippen molar-refractivity contribution in [3.63, 3.8) is 0 Å². The van der Waals surface area contributed by atoms with Gasteiger partial charge in [-0.3, -0.25) is 19.6 Å². The summed E-state index contributed by atoms with van der Waals surface area (Å²) in [6.07, 6.45) is 2.61. The number of benzene rings is 1. The zero-order valence-corrected chi connectivity index (χ0v) is 13.3. The first-order valence-electron chi connectivity index (χ1n) is 7.40. The van der Waals surface area contributed by atoms with E-state index >= 15 is 0 Å². The third-order valence-electron chi connectivity index (χ3n) is 3.39. The summed E-state index contributed by atoms with van der Waals surface area (Å²) >= 11 is 0. The molecule has 1 atom stereocenters. The molecule has 0 radical (unpaired) electrons. The summed E-state index contributed by atoms with van der Waals surface area (Å²) < 4.78 is 30.6. The number of para-hydroxylation sites is 1. The van der Waals surface area contributed by atoms with E-state index in [1.165, 1.54) is 6.07 Å². The molecule has 0 fully saturated rings. The molecule has 0 aliphatic heterocycles. The average Bonchev–Trinajstić information content (AvgIpc) is 3.01. The van der Waals surface area contributed by atoms with E-state index in [0.29, 0.717) is 12.0 Å². The maximum Gasteiger partial charge on any atom is 0.387 e. The standard InChI is InChI=1S/C15H16F2N4O4/c1-2-12(11-5-3-4-6-13(11)25-15(16)17)19-14(22)9-20-8-10(7-18-20)21(23)24/h3-8,12,15H,2,9H2,1H3,(H,19,22)/t12-/m1/s1. The first kappa shape index (κ1) is 18.3. The summed E-state index contributed by atoms with van der Waals surface area (Å²) in [7, 11) is 0. The van der Waals surface area contributed by atoms with Crippen LogP contribution in [0.5, 0.6) is 5.75 Å². The quantitative estimate of drug-likeness (QED) is 0.580. The zero-order valence-electron chi connectivity index (χ0n) is 13.3.